The Hall–Kier alpha value is -2.80. The van der Waals surface area contributed by atoms with Crippen LogP contribution in [0.5, 0.6) is 0 Å². The van der Waals surface area contributed by atoms with E-state index in [1.54, 1.807) is 25.7 Å². The molecule has 1 unspecified atom stereocenters. The number of amides is 2. The lowest BCUT2D eigenvalue weighted by Gasteiger charge is -2.20. The standard InChI is InChI=1S/C26H33N3O3S/c1-6-8-21-20-15-17(3)9-11-23(20)33-24-12-10-19(16-22(24)28-21)25(30)27-18(4)13-14-29(5)26(31)32-7-2/h9-12,15-16,18H,6-8,13-14H2,1-5H3,(H,27,30). The minimum atomic E-state index is -0.351. The molecule has 1 heterocycles. The van der Waals surface area contributed by atoms with Gasteiger partial charge in [0.25, 0.3) is 5.91 Å². The smallest absolute Gasteiger partial charge is 0.409 e. The highest BCUT2D eigenvalue weighted by Crippen LogP contribution is 2.41. The van der Waals surface area contributed by atoms with Crippen LogP contribution in [0, 0.1) is 6.92 Å². The lowest BCUT2D eigenvalue weighted by Crippen LogP contribution is -2.37. The van der Waals surface area contributed by atoms with Crippen molar-refractivity contribution >= 4 is 35.2 Å². The Bertz CT molecular complexity index is 1050. The maximum atomic E-state index is 12.9. The zero-order chi connectivity index (χ0) is 24.0. The fourth-order valence-corrected chi connectivity index (χ4v) is 4.64. The molecule has 7 heteroatoms. The quantitative estimate of drug-likeness (QED) is 0.519. The number of carbonyl (C=O) groups excluding carboxylic acids is 2. The van der Waals surface area contributed by atoms with Gasteiger partial charge in [-0.2, -0.15) is 0 Å². The summed E-state index contributed by atoms with van der Waals surface area (Å²) in [7, 11) is 1.70. The van der Waals surface area contributed by atoms with Crippen LogP contribution < -0.4 is 5.32 Å². The molecule has 3 rings (SSSR count). The van der Waals surface area contributed by atoms with E-state index in [0.29, 0.717) is 25.1 Å². The molecule has 6 nitrogen and oxygen atoms in total. The summed E-state index contributed by atoms with van der Waals surface area (Å²) < 4.78 is 4.99. The highest BCUT2D eigenvalue weighted by Gasteiger charge is 2.20. The Morgan fingerprint density at radius 1 is 1.15 bits per heavy atom. The molecule has 2 aromatic carbocycles. The molecule has 1 aliphatic heterocycles. The van der Waals surface area contributed by atoms with Gasteiger partial charge in [0.05, 0.1) is 12.3 Å². The molecule has 0 saturated heterocycles. The monoisotopic (exact) mass is 467 g/mol. The molecule has 33 heavy (non-hydrogen) atoms. The second-order valence-electron chi connectivity index (χ2n) is 8.38. The van der Waals surface area contributed by atoms with Gasteiger partial charge in [0.2, 0.25) is 0 Å². The molecule has 176 valence electrons. The van der Waals surface area contributed by atoms with Gasteiger partial charge >= 0.3 is 6.09 Å². The zero-order valence-electron chi connectivity index (χ0n) is 20.1. The summed E-state index contributed by atoms with van der Waals surface area (Å²) in [6.07, 6.45) is 2.17. The molecule has 0 saturated carbocycles. The SMILES string of the molecule is CCCC1=Nc2cc(C(=O)NC(C)CCN(C)C(=O)OCC)ccc2Sc2ccc(C)cc21. The molecule has 0 aromatic heterocycles. The molecule has 0 fully saturated rings. The molecule has 1 atom stereocenters. The molecule has 0 spiro atoms. The van der Waals surface area contributed by atoms with E-state index in [2.05, 4.69) is 37.4 Å². The van der Waals surface area contributed by atoms with Crippen LogP contribution >= 0.6 is 11.8 Å². The molecule has 1 aliphatic rings. The fraction of sp³-hybridized carbons (Fsp3) is 0.423. The van der Waals surface area contributed by atoms with E-state index in [4.69, 9.17) is 9.73 Å². The van der Waals surface area contributed by atoms with E-state index in [-0.39, 0.29) is 18.0 Å². The van der Waals surface area contributed by atoms with Gasteiger partial charge in [0.15, 0.2) is 0 Å². The van der Waals surface area contributed by atoms with Crippen molar-refractivity contribution in [1.29, 1.82) is 0 Å². The van der Waals surface area contributed by atoms with Gasteiger partial charge in [0.1, 0.15) is 0 Å². The van der Waals surface area contributed by atoms with Crippen LogP contribution in [0.1, 0.15) is 61.5 Å². The predicted octanol–water partition coefficient (Wildman–Crippen LogP) is 5.98. The van der Waals surface area contributed by atoms with Gasteiger partial charge in [-0.25, -0.2) is 4.79 Å². The second kappa shape index (κ2) is 11.4. The summed E-state index contributed by atoms with van der Waals surface area (Å²) in [5, 5.41) is 3.03. The van der Waals surface area contributed by atoms with E-state index >= 15 is 0 Å². The number of fused-ring (bicyclic) bond motifs is 2. The number of benzene rings is 2. The number of nitrogens with one attached hydrogen (secondary N) is 1. The van der Waals surface area contributed by atoms with Crippen molar-refractivity contribution in [2.45, 2.75) is 62.8 Å². The Kier molecular flexibility index (Phi) is 8.55. The normalized spacial score (nSPS) is 13.2. The average molecular weight is 468 g/mol. The first-order valence-corrected chi connectivity index (χ1v) is 12.3. The molecule has 1 N–H and O–H groups in total. The molecule has 2 aromatic rings. The summed E-state index contributed by atoms with van der Waals surface area (Å²) in [6, 6.07) is 12.1. The highest BCUT2D eigenvalue weighted by molar-refractivity contribution is 7.99. The van der Waals surface area contributed by atoms with Gasteiger partial charge in [-0.05, 0) is 63.9 Å². The van der Waals surface area contributed by atoms with E-state index in [1.165, 1.54) is 20.9 Å². The zero-order valence-corrected chi connectivity index (χ0v) is 20.9. The number of aliphatic imine (C=N–C) groups is 1. The third kappa shape index (κ3) is 6.38. The topological polar surface area (TPSA) is 71.0 Å². The average Bonchev–Trinajstić information content (AvgIpc) is 2.93. The molecule has 2 amide bonds. The van der Waals surface area contributed by atoms with Gasteiger partial charge in [-0.3, -0.25) is 9.79 Å². The number of ether oxygens (including phenoxy) is 1. The first-order chi connectivity index (χ1) is 15.8. The lowest BCUT2D eigenvalue weighted by atomic mass is 10.0. The van der Waals surface area contributed by atoms with Crippen molar-refractivity contribution in [3.05, 3.63) is 53.1 Å². The first-order valence-electron chi connectivity index (χ1n) is 11.5. The summed E-state index contributed by atoms with van der Waals surface area (Å²) in [4.78, 5) is 33.4. The summed E-state index contributed by atoms with van der Waals surface area (Å²) in [5.41, 5.74) is 4.88. The van der Waals surface area contributed by atoms with Gasteiger partial charge < -0.3 is 15.0 Å². The number of nitrogens with zero attached hydrogens (tertiary/aromatic N) is 2. The third-order valence-corrected chi connectivity index (χ3v) is 6.62. The predicted molar refractivity (Wildman–Crippen MR) is 134 cm³/mol. The van der Waals surface area contributed by atoms with E-state index in [9.17, 15) is 9.59 Å². The van der Waals surface area contributed by atoms with Crippen LogP contribution in [0.2, 0.25) is 0 Å². The van der Waals surface area contributed by atoms with Crippen LogP contribution in [0.3, 0.4) is 0 Å². The van der Waals surface area contributed by atoms with E-state index in [0.717, 1.165) is 29.1 Å². The van der Waals surface area contributed by atoms with Crippen LogP contribution in [-0.2, 0) is 4.74 Å². The van der Waals surface area contributed by atoms with E-state index in [1.807, 2.05) is 25.1 Å². The lowest BCUT2D eigenvalue weighted by molar-refractivity contribution is 0.0934. The number of aryl methyl sites for hydroxylation is 1. The number of carbonyl (C=O) groups is 2. The molecule has 0 radical (unpaired) electrons. The Morgan fingerprint density at radius 2 is 1.91 bits per heavy atom. The summed E-state index contributed by atoms with van der Waals surface area (Å²) >= 11 is 1.70. The van der Waals surface area contributed by atoms with Crippen molar-refractivity contribution in [3.8, 4) is 0 Å². The number of hydrogen-bond donors (Lipinski definition) is 1. The third-order valence-electron chi connectivity index (χ3n) is 5.48. The molecular weight excluding hydrogens is 434 g/mol. The van der Waals surface area contributed by atoms with Gasteiger partial charge in [-0.15, -0.1) is 0 Å². The van der Waals surface area contributed by atoms with Gasteiger partial charge in [0, 0.05) is 46.3 Å². The van der Waals surface area contributed by atoms with Crippen molar-refractivity contribution in [3.63, 3.8) is 0 Å². The largest absolute Gasteiger partial charge is 0.450 e. The second-order valence-corrected chi connectivity index (χ2v) is 9.46. The molecular formula is C26H33N3O3S. The Labute approximate surface area is 200 Å². The minimum Gasteiger partial charge on any atom is -0.450 e. The summed E-state index contributed by atoms with van der Waals surface area (Å²) in [5.74, 6) is -0.140. The fourth-order valence-electron chi connectivity index (χ4n) is 3.63. The number of rotatable bonds is 8. The maximum absolute atomic E-state index is 12.9. The van der Waals surface area contributed by atoms with Crippen LogP contribution in [0.4, 0.5) is 10.5 Å². The molecule has 0 aliphatic carbocycles. The van der Waals surface area contributed by atoms with Crippen molar-refractivity contribution in [2.75, 3.05) is 20.2 Å². The first kappa shape index (κ1) is 24.8. The maximum Gasteiger partial charge on any atom is 0.409 e. The van der Waals surface area contributed by atoms with Crippen molar-refractivity contribution < 1.29 is 14.3 Å². The Morgan fingerprint density at radius 3 is 2.64 bits per heavy atom. The van der Waals surface area contributed by atoms with Crippen molar-refractivity contribution in [2.24, 2.45) is 4.99 Å². The van der Waals surface area contributed by atoms with Gasteiger partial charge in [-0.1, -0.05) is 36.7 Å². The van der Waals surface area contributed by atoms with Crippen LogP contribution in [0.25, 0.3) is 0 Å². The molecule has 0 bridgehead atoms. The summed E-state index contributed by atoms with van der Waals surface area (Å²) in [6.45, 7) is 8.82. The highest BCUT2D eigenvalue weighted by atomic mass is 32.2. The number of hydrogen-bond acceptors (Lipinski definition) is 5. The van der Waals surface area contributed by atoms with Crippen LogP contribution in [-0.4, -0.2) is 48.9 Å². The minimum absolute atomic E-state index is 0.0889. The van der Waals surface area contributed by atoms with Crippen molar-refractivity contribution in [1.82, 2.24) is 10.2 Å². The Balaban J connectivity index is 1.74. The van der Waals surface area contributed by atoms with Crippen LogP contribution in [0.15, 0.2) is 51.2 Å². The van der Waals surface area contributed by atoms with E-state index < -0.39 is 0 Å².